The average Bonchev–Trinajstić information content (AvgIpc) is 2.97. The van der Waals surface area contributed by atoms with Crippen molar-refractivity contribution in [3.05, 3.63) is 34.3 Å². The summed E-state index contributed by atoms with van der Waals surface area (Å²) in [6, 6.07) is 5.62. The summed E-state index contributed by atoms with van der Waals surface area (Å²) < 4.78 is 16.5. The molecule has 0 saturated carbocycles. The zero-order valence-electron chi connectivity index (χ0n) is 14.3. The maximum atomic E-state index is 5.97. The Balaban J connectivity index is 1.61. The number of hydrogen-bond acceptors (Lipinski definition) is 6. The van der Waals surface area contributed by atoms with Crippen LogP contribution >= 0.6 is 11.3 Å². The molecule has 0 saturated heterocycles. The third kappa shape index (κ3) is 4.61. The SMILES string of the molecule is COC(C)c1nc(CN=C(N)Nc2ccc3c(c2)OCCCO3)cs1. The molecule has 1 aromatic carbocycles. The first-order chi connectivity index (χ1) is 12.2. The molecule has 1 aliphatic rings. The van der Waals surface area contributed by atoms with Gasteiger partial charge in [-0.1, -0.05) is 0 Å². The van der Waals surface area contributed by atoms with Crippen molar-refractivity contribution in [1.82, 2.24) is 4.98 Å². The first-order valence-corrected chi connectivity index (χ1v) is 8.97. The van der Waals surface area contributed by atoms with Crippen LogP contribution in [0, 0.1) is 0 Å². The molecule has 0 radical (unpaired) electrons. The highest BCUT2D eigenvalue weighted by Crippen LogP contribution is 2.32. The Bertz CT molecular complexity index is 747. The Labute approximate surface area is 150 Å². The molecule has 1 aromatic heterocycles. The number of hydrogen-bond donors (Lipinski definition) is 2. The van der Waals surface area contributed by atoms with E-state index in [0.29, 0.717) is 31.5 Å². The van der Waals surface area contributed by atoms with E-state index >= 15 is 0 Å². The lowest BCUT2D eigenvalue weighted by atomic mass is 10.3. The zero-order valence-corrected chi connectivity index (χ0v) is 15.1. The summed E-state index contributed by atoms with van der Waals surface area (Å²) in [6.45, 7) is 3.69. The summed E-state index contributed by atoms with van der Waals surface area (Å²) in [7, 11) is 1.67. The fraction of sp³-hybridized carbons (Fsp3) is 0.412. The Kier molecular flexibility index (Phi) is 5.72. The standard InChI is InChI=1S/C17H22N4O3S/c1-11(22-2)16-20-13(10-25-16)9-19-17(18)21-12-4-5-14-15(8-12)24-7-3-6-23-14/h4-5,8,10-11H,3,6-7,9H2,1-2H3,(H3,18,19,21). The fourth-order valence-electron chi connectivity index (χ4n) is 2.28. The lowest BCUT2D eigenvalue weighted by Gasteiger charge is -2.10. The lowest BCUT2D eigenvalue weighted by molar-refractivity contribution is 0.119. The molecule has 0 bridgehead atoms. The van der Waals surface area contributed by atoms with Crippen LogP contribution in [0.4, 0.5) is 5.69 Å². The van der Waals surface area contributed by atoms with E-state index < -0.39 is 0 Å². The number of fused-ring (bicyclic) bond motifs is 1. The van der Waals surface area contributed by atoms with Gasteiger partial charge in [0.05, 0.1) is 25.5 Å². The number of ether oxygens (including phenoxy) is 3. The van der Waals surface area contributed by atoms with E-state index in [1.807, 2.05) is 30.5 Å². The molecule has 2 aromatic rings. The summed E-state index contributed by atoms with van der Waals surface area (Å²) >= 11 is 1.56. The largest absolute Gasteiger partial charge is 0.490 e. The van der Waals surface area contributed by atoms with Gasteiger partial charge >= 0.3 is 0 Å². The molecule has 0 aliphatic carbocycles. The number of guanidine groups is 1. The second kappa shape index (κ2) is 8.17. The third-order valence-corrected chi connectivity index (χ3v) is 4.76. The number of benzene rings is 1. The monoisotopic (exact) mass is 362 g/mol. The van der Waals surface area contributed by atoms with Crippen LogP contribution < -0.4 is 20.5 Å². The molecule has 1 aliphatic heterocycles. The van der Waals surface area contributed by atoms with Gasteiger partial charge in [0.2, 0.25) is 0 Å². The van der Waals surface area contributed by atoms with Gasteiger partial charge in [-0.05, 0) is 19.1 Å². The number of rotatable bonds is 5. The first kappa shape index (κ1) is 17.5. The zero-order chi connectivity index (χ0) is 17.6. The predicted molar refractivity (Wildman–Crippen MR) is 98.5 cm³/mol. The molecule has 0 spiro atoms. The van der Waals surface area contributed by atoms with Crippen LogP contribution in [-0.4, -0.2) is 31.3 Å². The molecular formula is C17H22N4O3S. The van der Waals surface area contributed by atoms with E-state index in [2.05, 4.69) is 15.3 Å². The van der Waals surface area contributed by atoms with Crippen molar-refractivity contribution in [3.63, 3.8) is 0 Å². The van der Waals surface area contributed by atoms with Gasteiger partial charge in [-0.25, -0.2) is 9.98 Å². The van der Waals surface area contributed by atoms with Crippen molar-refractivity contribution in [2.24, 2.45) is 10.7 Å². The van der Waals surface area contributed by atoms with Gasteiger partial charge in [0.15, 0.2) is 17.5 Å². The van der Waals surface area contributed by atoms with Crippen molar-refractivity contribution in [2.45, 2.75) is 26.0 Å². The fourth-order valence-corrected chi connectivity index (χ4v) is 3.12. The van der Waals surface area contributed by atoms with Crippen molar-refractivity contribution < 1.29 is 14.2 Å². The summed E-state index contributed by atoms with van der Waals surface area (Å²) in [5, 5.41) is 5.97. The van der Waals surface area contributed by atoms with E-state index in [1.54, 1.807) is 18.4 Å². The highest BCUT2D eigenvalue weighted by atomic mass is 32.1. The second-order valence-corrected chi connectivity index (χ2v) is 6.48. The van der Waals surface area contributed by atoms with Crippen LogP contribution in [0.25, 0.3) is 0 Å². The van der Waals surface area contributed by atoms with Crippen LogP contribution in [0.3, 0.4) is 0 Å². The van der Waals surface area contributed by atoms with Gasteiger partial charge in [0, 0.05) is 30.7 Å². The van der Waals surface area contributed by atoms with Crippen molar-refractivity contribution in [2.75, 3.05) is 25.6 Å². The van der Waals surface area contributed by atoms with Gasteiger partial charge in [-0.3, -0.25) is 0 Å². The molecule has 3 rings (SSSR count). The molecule has 7 nitrogen and oxygen atoms in total. The molecule has 0 amide bonds. The van der Waals surface area contributed by atoms with Crippen LogP contribution in [0.1, 0.15) is 30.2 Å². The van der Waals surface area contributed by atoms with Crippen LogP contribution in [0.5, 0.6) is 11.5 Å². The van der Waals surface area contributed by atoms with Gasteiger partial charge in [-0.2, -0.15) is 0 Å². The Morgan fingerprint density at radius 2 is 2.20 bits per heavy atom. The quantitative estimate of drug-likeness (QED) is 0.628. The Morgan fingerprint density at radius 1 is 1.40 bits per heavy atom. The number of aromatic nitrogens is 1. The highest BCUT2D eigenvalue weighted by Gasteiger charge is 2.11. The summed E-state index contributed by atoms with van der Waals surface area (Å²) in [4.78, 5) is 8.83. The number of nitrogens with zero attached hydrogens (tertiary/aromatic N) is 2. The molecule has 2 heterocycles. The van der Waals surface area contributed by atoms with Crippen molar-refractivity contribution >= 4 is 23.0 Å². The average molecular weight is 362 g/mol. The van der Waals surface area contributed by atoms with E-state index in [0.717, 1.165) is 28.6 Å². The van der Waals surface area contributed by atoms with Gasteiger partial charge in [-0.15, -0.1) is 11.3 Å². The van der Waals surface area contributed by atoms with E-state index in [9.17, 15) is 0 Å². The number of anilines is 1. The highest BCUT2D eigenvalue weighted by molar-refractivity contribution is 7.09. The molecular weight excluding hydrogens is 340 g/mol. The summed E-state index contributed by atoms with van der Waals surface area (Å²) in [6.07, 6.45) is 0.859. The van der Waals surface area contributed by atoms with Gasteiger partial charge in [0.1, 0.15) is 11.1 Å². The second-order valence-electron chi connectivity index (χ2n) is 5.59. The molecule has 1 atom stereocenters. The minimum Gasteiger partial charge on any atom is -0.490 e. The molecule has 25 heavy (non-hydrogen) atoms. The van der Waals surface area contributed by atoms with E-state index in [-0.39, 0.29) is 6.10 Å². The molecule has 3 N–H and O–H groups in total. The van der Waals surface area contributed by atoms with Crippen molar-refractivity contribution in [3.8, 4) is 11.5 Å². The Hall–Kier alpha value is -2.32. The summed E-state index contributed by atoms with van der Waals surface area (Å²) in [5.41, 5.74) is 7.64. The first-order valence-electron chi connectivity index (χ1n) is 8.09. The van der Waals surface area contributed by atoms with E-state index in [1.165, 1.54) is 0 Å². The maximum Gasteiger partial charge on any atom is 0.193 e. The summed E-state index contributed by atoms with van der Waals surface area (Å²) in [5.74, 6) is 1.79. The number of thiazole rings is 1. The topological polar surface area (TPSA) is 91.0 Å². The van der Waals surface area contributed by atoms with Gasteiger partial charge in [0.25, 0.3) is 0 Å². The van der Waals surface area contributed by atoms with E-state index in [4.69, 9.17) is 19.9 Å². The molecule has 8 heteroatoms. The van der Waals surface area contributed by atoms with Crippen LogP contribution in [0.15, 0.2) is 28.6 Å². The molecule has 1 unspecified atom stereocenters. The minimum atomic E-state index is -0.0139. The van der Waals surface area contributed by atoms with Crippen molar-refractivity contribution in [1.29, 1.82) is 0 Å². The lowest BCUT2D eigenvalue weighted by Crippen LogP contribution is -2.22. The van der Waals surface area contributed by atoms with Crippen LogP contribution in [0.2, 0.25) is 0 Å². The third-order valence-electron chi connectivity index (χ3n) is 3.70. The normalized spacial score (nSPS) is 15.5. The maximum absolute atomic E-state index is 5.97. The number of nitrogens with two attached hydrogens (primary N) is 1. The number of methoxy groups -OCH3 is 1. The number of nitrogens with one attached hydrogen (secondary N) is 1. The van der Waals surface area contributed by atoms with Crippen LogP contribution in [-0.2, 0) is 11.3 Å². The minimum absolute atomic E-state index is 0.0139. The van der Waals surface area contributed by atoms with Gasteiger partial charge < -0.3 is 25.3 Å². The Morgan fingerprint density at radius 3 is 3.00 bits per heavy atom. The molecule has 134 valence electrons. The molecule has 0 fully saturated rings. The smallest absolute Gasteiger partial charge is 0.193 e. The predicted octanol–water partition coefficient (Wildman–Crippen LogP) is 2.94. The number of aliphatic imine (C=N–C) groups is 1.